The van der Waals surface area contributed by atoms with Gasteiger partial charge in [-0.15, -0.1) is 22.7 Å². The minimum absolute atomic E-state index is 1.13. The zero-order valence-corrected chi connectivity index (χ0v) is 30.0. The molecule has 0 bridgehead atoms. The van der Waals surface area contributed by atoms with Gasteiger partial charge in [-0.2, -0.15) is 0 Å². The van der Waals surface area contributed by atoms with Gasteiger partial charge >= 0.3 is 0 Å². The summed E-state index contributed by atoms with van der Waals surface area (Å²) in [5, 5.41) is 6.98. The molecule has 4 heteroatoms. The lowest BCUT2D eigenvalue weighted by Crippen LogP contribution is -1.99. The van der Waals surface area contributed by atoms with Crippen LogP contribution in [0, 0.1) is 0 Å². The van der Waals surface area contributed by atoms with Crippen molar-refractivity contribution in [2.24, 2.45) is 0 Å². The Hall–Kier alpha value is -4.58. The van der Waals surface area contributed by atoms with E-state index in [0.717, 1.165) is 12.8 Å². The van der Waals surface area contributed by atoms with Crippen molar-refractivity contribution in [1.29, 1.82) is 0 Å². The molecule has 234 valence electrons. The van der Waals surface area contributed by atoms with Gasteiger partial charge < -0.3 is 0 Å². The van der Waals surface area contributed by atoms with Crippen molar-refractivity contribution in [1.82, 2.24) is 0 Å². The Balaban J connectivity index is 0.983. The molecule has 0 nitrogen and oxygen atoms in total. The highest BCUT2D eigenvalue weighted by molar-refractivity contribution is 8.00. The van der Waals surface area contributed by atoms with E-state index in [1.807, 2.05) is 46.2 Å². The van der Waals surface area contributed by atoms with Gasteiger partial charge in [0.25, 0.3) is 0 Å². The molecular formula is C46H26S4. The topological polar surface area (TPSA) is 0 Å². The summed E-state index contributed by atoms with van der Waals surface area (Å²) < 4.78 is 4.10. The zero-order valence-electron chi connectivity index (χ0n) is 26.7. The normalized spacial score (nSPS) is 14.0. The molecule has 12 rings (SSSR count). The van der Waals surface area contributed by atoms with Crippen LogP contribution in [0.4, 0.5) is 0 Å². The smallest absolute Gasteiger partial charge is 0.0361 e. The van der Waals surface area contributed by atoms with E-state index in [2.05, 4.69) is 133 Å². The van der Waals surface area contributed by atoms with Gasteiger partial charge in [0, 0.05) is 65.5 Å². The van der Waals surface area contributed by atoms with Crippen molar-refractivity contribution >= 4 is 93.3 Å². The fourth-order valence-electron chi connectivity index (χ4n) is 8.57. The van der Waals surface area contributed by atoms with Gasteiger partial charge in [0.15, 0.2) is 0 Å². The van der Waals surface area contributed by atoms with Gasteiger partial charge in [0.1, 0.15) is 0 Å². The highest BCUT2D eigenvalue weighted by Crippen LogP contribution is 2.57. The molecule has 50 heavy (non-hydrogen) atoms. The summed E-state index contributed by atoms with van der Waals surface area (Å²) in [6.07, 6.45) is 6.91. The van der Waals surface area contributed by atoms with Crippen molar-refractivity contribution in [3.05, 3.63) is 138 Å². The third kappa shape index (κ3) is 3.91. The third-order valence-electron chi connectivity index (χ3n) is 10.8. The predicted molar refractivity (Wildman–Crippen MR) is 220 cm³/mol. The second-order valence-corrected chi connectivity index (χ2v) is 17.8. The van der Waals surface area contributed by atoms with E-state index in [-0.39, 0.29) is 0 Å². The van der Waals surface area contributed by atoms with Crippen LogP contribution in [0.3, 0.4) is 0 Å². The number of benzene rings is 7. The average molecular weight is 707 g/mol. The maximum absolute atomic E-state index is 2.45. The first-order chi connectivity index (χ1) is 24.8. The Kier molecular flexibility index (Phi) is 5.90. The molecule has 0 unspecified atom stereocenters. The van der Waals surface area contributed by atoms with Crippen LogP contribution in [0.5, 0.6) is 0 Å². The van der Waals surface area contributed by atoms with Gasteiger partial charge in [0.2, 0.25) is 0 Å². The molecule has 0 saturated carbocycles. The zero-order chi connectivity index (χ0) is 32.5. The van der Waals surface area contributed by atoms with Crippen LogP contribution in [0.1, 0.15) is 16.9 Å². The molecule has 9 aromatic rings. The maximum atomic E-state index is 2.45. The van der Waals surface area contributed by atoms with Gasteiger partial charge in [-0.1, -0.05) is 108 Å². The molecule has 7 aromatic carbocycles. The van der Waals surface area contributed by atoms with Crippen LogP contribution in [0.15, 0.2) is 147 Å². The summed E-state index contributed by atoms with van der Waals surface area (Å²) in [5.41, 5.74) is 12.2. The minimum Gasteiger partial charge on any atom is -0.136 e. The fraction of sp³-hybridized carbons (Fsp3) is 0.0435. The van der Waals surface area contributed by atoms with Crippen molar-refractivity contribution in [3.8, 4) is 44.5 Å². The number of fused-ring (bicyclic) bond motifs is 10. The third-order valence-corrected chi connectivity index (χ3v) is 15.3. The van der Waals surface area contributed by atoms with Gasteiger partial charge in [-0.05, 0) is 111 Å². The molecular weight excluding hydrogens is 681 g/mol. The molecule has 0 saturated heterocycles. The SMILES string of the molecule is C1=Cc2sc3cccc(-c4ccc5c(c4)Sc4ccc6c7c(ccc-5c47)-c4ccc(-c5cccc7sc8ccccc8c57)cc4S6)c3c2CC1. The van der Waals surface area contributed by atoms with Crippen LogP contribution >= 0.6 is 46.2 Å². The van der Waals surface area contributed by atoms with E-state index < -0.39 is 0 Å². The quantitative estimate of drug-likeness (QED) is 0.176. The largest absolute Gasteiger partial charge is 0.136 e. The molecule has 4 heterocycles. The lowest BCUT2D eigenvalue weighted by atomic mass is 9.89. The number of allylic oxidation sites excluding steroid dienone is 1. The Morgan fingerprint density at radius 2 is 1.02 bits per heavy atom. The summed E-state index contributed by atoms with van der Waals surface area (Å²) in [7, 11) is 0. The van der Waals surface area contributed by atoms with E-state index in [1.165, 1.54) is 116 Å². The van der Waals surface area contributed by atoms with E-state index >= 15 is 0 Å². The lowest BCUT2D eigenvalue weighted by molar-refractivity contribution is 1.01. The van der Waals surface area contributed by atoms with Crippen molar-refractivity contribution in [2.75, 3.05) is 0 Å². The number of hydrogen-bond donors (Lipinski definition) is 0. The fourth-order valence-corrected chi connectivity index (χ4v) is 13.2. The first kappa shape index (κ1) is 28.2. The number of hydrogen-bond acceptors (Lipinski definition) is 4. The maximum Gasteiger partial charge on any atom is 0.0361 e. The summed E-state index contributed by atoms with van der Waals surface area (Å²) in [6.45, 7) is 0. The summed E-state index contributed by atoms with van der Waals surface area (Å²) in [5.74, 6) is 0. The molecule has 0 N–H and O–H groups in total. The second-order valence-electron chi connectivity index (χ2n) is 13.4. The lowest BCUT2D eigenvalue weighted by Gasteiger charge is -2.27. The van der Waals surface area contributed by atoms with Gasteiger partial charge in [-0.25, -0.2) is 0 Å². The Morgan fingerprint density at radius 1 is 0.420 bits per heavy atom. The van der Waals surface area contributed by atoms with Crippen LogP contribution in [-0.2, 0) is 6.42 Å². The first-order valence-electron chi connectivity index (χ1n) is 17.1. The highest BCUT2D eigenvalue weighted by atomic mass is 32.2. The van der Waals surface area contributed by atoms with Gasteiger partial charge in [-0.3, -0.25) is 0 Å². The summed E-state index contributed by atoms with van der Waals surface area (Å²) in [4.78, 5) is 6.83. The van der Waals surface area contributed by atoms with Crippen molar-refractivity contribution < 1.29 is 0 Å². The monoisotopic (exact) mass is 706 g/mol. The van der Waals surface area contributed by atoms with E-state index in [0.29, 0.717) is 0 Å². The Morgan fingerprint density at radius 3 is 1.72 bits per heavy atom. The molecule has 1 aliphatic carbocycles. The molecule has 0 atom stereocenters. The minimum atomic E-state index is 1.13. The van der Waals surface area contributed by atoms with Crippen LogP contribution in [0.25, 0.3) is 91.6 Å². The molecule has 0 fully saturated rings. The van der Waals surface area contributed by atoms with E-state index in [4.69, 9.17) is 0 Å². The highest BCUT2D eigenvalue weighted by Gasteiger charge is 2.27. The second kappa shape index (κ2) is 10.5. The predicted octanol–water partition coefficient (Wildman–Crippen LogP) is 15.0. The molecule has 3 aliphatic rings. The van der Waals surface area contributed by atoms with Gasteiger partial charge in [0.05, 0.1) is 0 Å². The van der Waals surface area contributed by atoms with Crippen LogP contribution in [0.2, 0.25) is 0 Å². The Bertz CT molecular complexity index is 2990. The standard InChI is InChI=1S/C46H26S4/c1-3-11-35-33(7-1)43-27(9-5-13-37(43)47-35)25-15-17-29-31-19-20-32-30-18-16-26(28-10-6-14-38-44(28)34-8-2-4-12-36(34)48-38)24-42(30)50-40-22-21-39(45(31)46(32)40)49-41(29)23-25/h1,3-7,9-24H,2,8H2. The number of aryl methyl sites for hydroxylation is 1. The van der Waals surface area contributed by atoms with Crippen LogP contribution < -0.4 is 0 Å². The average Bonchev–Trinajstić information content (AvgIpc) is 3.75. The van der Waals surface area contributed by atoms with Crippen molar-refractivity contribution in [3.63, 3.8) is 0 Å². The van der Waals surface area contributed by atoms with E-state index in [1.54, 1.807) is 0 Å². The number of rotatable bonds is 2. The molecule has 2 aromatic heterocycles. The Labute approximate surface area is 306 Å². The molecule has 0 amide bonds. The van der Waals surface area contributed by atoms with Crippen molar-refractivity contribution in [2.45, 2.75) is 32.4 Å². The first-order valence-corrected chi connectivity index (χ1v) is 20.4. The summed E-state index contributed by atoms with van der Waals surface area (Å²) >= 11 is 7.69. The van der Waals surface area contributed by atoms with Crippen LogP contribution in [-0.4, -0.2) is 0 Å². The van der Waals surface area contributed by atoms with E-state index in [9.17, 15) is 0 Å². The molecule has 2 aliphatic heterocycles. The number of thiophene rings is 2. The molecule has 0 radical (unpaired) electrons. The molecule has 0 spiro atoms. The summed E-state index contributed by atoms with van der Waals surface area (Å²) in [6, 6.07) is 46.3.